The summed E-state index contributed by atoms with van der Waals surface area (Å²) in [7, 11) is 0. The molecule has 0 radical (unpaired) electrons. The summed E-state index contributed by atoms with van der Waals surface area (Å²) in [6, 6.07) is 17.0. The summed E-state index contributed by atoms with van der Waals surface area (Å²) in [6.45, 7) is 3.46. The van der Waals surface area contributed by atoms with Crippen molar-refractivity contribution < 1.29 is 14.6 Å². The Labute approximate surface area is 175 Å². The number of hydrogen-bond acceptors (Lipinski definition) is 5. The van der Waals surface area contributed by atoms with Crippen LogP contribution >= 0.6 is 0 Å². The molecule has 154 valence electrons. The number of aliphatic hydroxyl groups excluding tert-OH is 1. The number of aliphatic hydroxyl groups is 1. The van der Waals surface area contributed by atoms with Gasteiger partial charge >= 0.3 is 0 Å². The lowest BCUT2D eigenvalue weighted by Gasteiger charge is -2.22. The smallest absolute Gasteiger partial charge is 0.249 e. The van der Waals surface area contributed by atoms with Gasteiger partial charge in [-0.25, -0.2) is 4.98 Å². The fourth-order valence-electron chi connectivity index (χ4n) is 3.88. The molecule has 2 aromatic carbocycles. The summed E-state index contributed by atoms with van der Waals surface area (Å²) in [5, 5.41) is 10.00. The number of carbonyl (C=O) groups is 1. The normalized spacial score (nSPS) is 15.9. The van der Waals surface area contributed by atoms with Crippen molar-refractivity contribution in [1.82, 2.24) is 4.98 Å². The van der Waals surface area contributed by atoms with Crippen molar-refractivity contribution in [2.24, 2.45) is 5.73 Å². The van der Waals surface area contributed by atoms with Crippen LogP contribution in [0.25, 0.3) is 11.1 Å². The van der Waals surface area contributed by atoms with Gasteiger partial charge in [0.05, 0.1) is 13.2 Å². The summed E-state index contributed by atoms with van der Waals surface area (Å²) >= 11 is 0. The molecule has 0 unspecified atom stereocenters. The summed E-state index contributed by atoms with van der Waals surface area (Å²) in [5.74, 6) is 0.165. The molecule has 4 rings (SSSR count). The van der Waals surface area contributed by atoms with E-state index in [2.05, 4.69) is 9.88 Å². The minimum atomic E-state index is -0.468. The average Bonchev–Trinajstić information content (AvgIpc) is 3.23. The zero-order valence-electron chi connectivity index (χ0n) is 16.9. The van der Waals surface area contributed by atoms with Crippen molar-refractivity contribution in [3.63, 3.8) is 0 Å². The summed E-state index contributed by atoms with van der Waals surface area (Å²) in [6.07, 6.45) is 2.73. The van der Waals surface area contributed by atoms with E-state index in [1.165, 1.54) is 0 Å². The summed E-state index contributed by atoms with van der Waals surface area (Å²) < 4.78 is 6.02. The molecule has 1 saturated heterocycles. The Balaban J connectivity index is 1.54. The number of aryl methyl sites for hydroxylation is 1. The van der Waals surface area contributed by atoms with E-state index in [4.69, 9.17) is 10.5 Å². The van der Waals surface area contributed by atoms with Gasteiger partial charge in [0.1, 0.15) is 6.10 Å². The molecule has 3 N–H and O–H groups in total. The molecule has 1 aliphatic rings. The predicted octanol–water partition coefficient (Wildman–Crippen LogP) is 3.31. The molecule has 0 aliphatic carbocycles. The first-order valence-electron chi connectivity index (χ1n) is 10.0. The van der Waals surface area contributed by atoms with Gasteiger partial charge in [-0.2, -0.15) is 0 Å². The zero-order chi connectivity index (χ0) is 21.1. The highest BCUT2D eigenvalue weighted by atomic mass is 16.5. The highest BCUT2D eigenvalue weighted by molar-refractivity contribution is 6.00. The van der Waals surface area contributed by atoms with Crippen LogP contribution in [-0.4, -0.2) is 35.2 Å². The van der Waals surface area contributed by atoms with Gasteiger partial charge in [0.2, 0.25) is 11.8 Å². The minimum Gasteiger partial charge on any atom is -0.472 e. The second kappa shape index (κ2) is 8.55. The Bertz CT molecular complexity index is 1050. The Morgan fingerprint density at radius 2 is 2.07 bits per heavy atom. The number of primary amides is 1. The molecule has 1 atom stereocenters. The van der Waals surface area contributed by atoms with Crippen LogP contribution < -0.4 is 15.4 Å². The van der Waals surface area contributed by atoms with Crippen LogP contribution in [0.3, 0.4) is 0 Å². The van der Waals surface area contributed by atoms with E-state index in [-0.39, 0.29) is 12.7 Å². The number of aromatic nitrogens is 1. The SMILES string of the molecule is Cc1ccc(O[C@H]2CCN(c3ccc(-c4ccccc4C(N)=O)cc3CO)C2)nc1. The van der Waals surface area contributed by atoms with Gasteiger partial charge < -0.3 is 20.5 Å². The highest BCUT2D eigenvalue weighted by Crippen LogP contribution is 2.32. The maximum absolute atomic E-state index is 11.8. The molecule has 1 aliphatic heterocycles. The Morgan fingerprint density at radius 1 is 1.23 bits per heavy atom. The number of anilines is 1. The van der Waals surface area contributed by atoms with Crippen LogP contribution in [-0.2, 0) is 6.61 Å². The molecule has 0 bridgehead atoms. The van der Waals surface area contributed by atoms with E-state index >= 15 is 0 Å². The molecular formula is C24H25N3O3. The molecule has 6 nitrogen and oxygen atoms in total. The van der Waals surface area contributed by atoms with Crippen molar-refractivity contribution in [1.29, 1.82) is 0 Å². The standard InChI is InChI=1S/C24H25N3O3/c1-16-6-9-23(26-13-16)30-19-10-11-27(14-19)22-8-7-17(12-18(22)15-28)20-4-2-3-5-21(20)24(25)29/h2-9,12-13,19,28H,10-11,14-15H2,1H3,(H2,25,29)/t19-/m0/s1. The quantitative estimate of drug-likeness (QED) is 0.659. The van der Waals surface area contributed by atoms with E-state index < -0.39 is 5.91 Å². The lowest BCUT2D eigenvalue weighted by molar-refractivity contribution is 0.100. The third-order valence-corrected chi connectivity index (χ3v) is 5.41. The first-order valence-corrected chi connectivity index (χ1v) is 10.0. The Hall–Kier alpha value is -3.38. The largest absolute Gasteiger partial charge is 0.472 e. The third-order valence-electron chi connectivity index (χ3n) is 5.41. The van der Waals surface area contributed by atoms with Gasteiger partial charge in [-0.3, -0.25) is 4.79 Å². The van der Waals surface area contributed by atoms with Gasteiger partial charge in [-0.05, 0) is 41.8 Å². The molecule has 30 heavy (non-hydrogen) atoms. The molecule has 0 saturated carbocycles. The van der Waals surface area contributed by atoms with Gasteiger partial charge in [0.15, 0.2) is 0 Å². The summed E-state index contributed by atoms with van der Waals surface area (Å²) in [5.41, 5.74) is 10.5. The number of nitrogens with two attached hydrogens (primary N) is 1. The monoisotopic (exact) mass is 403 g/mol. The van der Waals surface area contributed by atoms with Crippen molar-refractivity contribution >= 4 is 11.6 Å². The van der Waals surface area contributed by atoms with Gasteiger partial charge in [-0.1, -0.05) is 30.3 Å². The fourth-order valence-corrected chi connectivity index (χ4v) is 3.88. The number of rotatable bonds is 6. The third kappa shape index (κ3) is 4.14. The van der Waals surface area contributed by atoms with Crippen molar-refractivity contribution in [2.45, 2.75) is 26.1 Å². The molecular weight excluding hydrogens is 378 g/mol. The zero-order valence-corrected chi connectivity index (χ0v) is 16.9. The van der Waals surface area contributed by atoms with Gasteiger partial charge in [0.25, 0.3) is 0 Å². The van der Waals surface area contributed by atoms with Crippen LogP contribution in [0.15, 0.2) is 60.8 Å². The molecule has 1 amide bonds. The van der Waals surface area contributed by atoms with Crippen LogP contribution in [0.5, 0.6) is 5.88 Å². The average molecular weight is 403 g/mol. The lowest BCUT2D eigenvalue weighted by atomic mass is 9.97. The van der Waals surface area contributed by atoms with E-state index in [0.717, 1.165) is 47.5 Å². The maximum atomic E-state index is 11.8. The van der Waals surface area contributed by atoms with Crippen molar-refractivity contribution in [2.75, 3.05) is 18.0 Å². The van der Waals surface area contributed by atoms with Crippen LogP contribution in [0.4, 0.5) is 5.69 Å². The van der Waals surface area contributed by atoms with E-state index in [9.17, 15) is 9.90 Å². The summed E-state index contributed by atoms with van der Waals surface area (Å²) in [4.78, 5) is 18.3. The van der Waals surface area contributed by atoms with E-state index in [1.807, 2.05) is 49.4 Å². The van der Waals surface area contributed by atoms with Crippen molar-refractivity contribution in [3.8, 4) is 17.0 Å². The molecule has 2 heterocycles. The van der Waals surface area contributed by atoms with Crippen LogP contribution in [0, 0.1) is 6.92 Å². The van der Waals surface area contributed by atoms with Gasteiger partial charge in [0, 0.05) is 42.0 Å². The van der Waals surface area contributed by atoms with E-state index in [0.29, 0.717) is 11.4 Å². The van der Waals surface area contributed by atoms with E-state index in [1.54, 1.807) is 18.3 Å². The predicted molar refractivity (Wildman–Crippen MR) is 117 cm³/mol. The fraction of sp³-hybridized carbons (Fsp3) is 0.250. The number of ether oxygens (including phenoxy) is 1. The second-order valence-electron chi connectivity index (χ2n) is 7.56. The number of amides is 1. The maximum Gasteiger partial charge on any atom is 0.249 e. The number of nitrogens with zero attached hydrogens (tertiary/aromatic N) is 2. The Morgan fingerprint density at radius 3 is 2.80 bits per heavy atom. The topological polar surface area (TPSA) is 88.7 Å². The first kappa shape index (κ1) is 19.9. The molecule has 0 spiro atoms. The number of carbonyl (C=O) groups excluding carboxylic acids is 1. The molecule has 3 aromatic rings. The first-order chi connectivity index (χ1) is 14.5. The number of benzene rings is 2. The molecule has 1 fully saturated rings. The van der Waals surface area contributed by atoms with Crippen molar-refractivity contribution in [3.05, 3.63) is 77.5 Å². The highest BCUT2D eigenvalue weighted by Gasteiger charge is 2.26. The number of pyridine rings is 1. The minimum absolute atomic E-state index is 0.0435. The second-order valence-corrected chi connectivity index (χ2v) is 7.56. The molecule has 6 heteroatoms. The van der Waals surface area contributed by atoms with Crippen LogP contribution in [0.2, 0.25) is 0 Å². The lowest BCUT2D eigenvalue weighted by Crippen LogP contribution is -2.25. The van der Waals surface area contributed by atoms with Crippen LogP contribution in [0.1, 0.15) is 27.9 Å². The number of hydrogen-bond donors (Lipinski definition) is 2. The van der Waals surface area contributed by atoms with Gasteiger partial charge in [-0.15, -0.1) is 0 Å². The Kier molecular flexibility index (Phi) is 5.68. The molecule has 1 aromatic heterocycles.